The van der Waals surface area contributed by atoms with Crippen molar-refractivity contribution in [3.63, 3.8) is 0 Å². The molecule has 0 spiro atoms. The van der Waals surface area contributed by atoms with E-state index < -0.39 is 23.5 Å². The second kappa shape index (κ2) is 7.88. The smallest absolute Gasteiger partial charge is 0.290 e. The van der Waals surface area contributed by atoms with E-state index in [2.05, 4.69) is 4.98 Å². The molecule has 32 heavy (non-hydrogen) atoms. The van der Waals surface area contributed by atoms with E-state index in [4.69, 9.17) is 8.83 Å². The van der Waals surface area contributed by atoms with E-state index in [-0.39, 0.29) is 11.3 Å². The van der Waals surface area contributed by atoms with Crippen LogP contribution in [-0.4, -0.2) is 33.2 Å². The van der Waals surface area contributed by atoms with Gasteiger partial charge in [-0.1, -0.05) is 18.2 Å². The lowest BCUT2D eigenvalue weighted by Crippen LogP contribution is -2.36. The van der Waals surface area contributed by atoms with Gasteiger partial charge in [0.2, 0.25) is 12.1 Å². The van der Waals surface area contributed by atoms with E-state index in [1.54, 1.807) is 31.2 Å². The first-order chi connectivity index (χ1) is 15.5. The molecule has 3 aromatic heterocycles. The van der Waals surface area contributed by atoms with Crippen molar-refractivity contribution in [3.8, 4) is 0 Å². The Morgan fingerprint density at radius 3 is 2.78 bits per heavy atom. The van der Waals surface area contributed by atoms with Crippen LogP contribution in [0, 0.1) is 6.92 Å². The van der Waals surface area contributed by atoms with Crippen molar-refractivity contribution in [2.45, 2.75) is 25.9 Å². The average molecular weight is 432 g/mol. The summed E-state index contributed by atoms with van der Waals surface area (Å²) >= 11 is 0. The van der Waals surface area contributed by atoms with Gasteiger partial charge in [-0.25, -0.2) is 4.57 Å². The third-order valence-electron chi connectivity index (χ3n) is 5.65. The summed E-state index contributed by atoms with van der Waals surface area (Å²) < 4.78 is 13.5. The normalized spacial score (nSPS) is 16.5. The number of Topliss-reactive ketones (excluding diaryl/α,β-unsaturated/α-hetero) is 1. The molecule has 8 heteroatoms. The van der Waals surface area contributed by atoms with Crippen LogP contribution in [0.5, 0.6) is 0 Å². The van der Waals surface area contributed by atoms with Gasteiger partial charge in [0.25, 0.3) is 5.91 Å². The Kier molecular flexibility index (Phi) is 4.89. The molecule has 4 aromatic rings. The van der Waals surface area contributed by atoms with Crippen LogP contribution >= 0.6 is 0 Å². The summed E-state index contributed by atoms with van der Waals surface area (Å²) in [6.07, 6.45) is 6.16. The zero-order valence-corrected chi connectivity index (χ0v) is 17.4. The maximum atomic E-state index is 13.4. The van der Waals surface area contributed by atoms with Gasteiger partial charge in [0.05, 0.1) is 12.1 Å². The molecule has 1 aliphatic rings. The van der Waals surface area contributed by atoms with Crippen molar-refractivity contribution in [2.24, 2.45) is 0 Å². The molecule has 0 saturated heterocycles. The number of aliphatic hydroxyl groups excluding tert-OH is 1. The number of hydrogen-bond donors (Lipinski definition) is 2. The van der Waals surface area contributed by atoms with Gasteiger partial charge in [-0.05, 0) is 31.2 Å². The van der Waals surface area contributed by atoms with Crippen molar-refractivity contribution < 1.29 is 28.1 Å². The maximum absolute atomic E-state index is 13.4. The number of aliphatic hydroxyl groups is 1. The fourth-order valence-electron chi connectivity index (χ4n) is 4.12. The molecule has 0 fully saturated rings. The van der Waals surface area contributed by atoms with E-state index in [1.807, 2.05) is 41.5 Å². The molecule has 162 valence electrons. The van der Waals surface area contributed by atoms with Crippen LogP contribution in [0.3, 0.4) is 0 Å². The summed E-state index contributed by atoms with van der Waals surface area (Å²) in [5, 5.41) is 11.5. The van der Waals surface area contributed by atoms with E-state index in [0.717, 1.165) is 5.39 Å². The summed E-state index contributed by atoms with van der Waals surface area (Å²) in [4.78, 5) is 30.9. The number of rotatable bonds is 7. The quantitative estimate of drug-likeness (QED) is 0.343. The Labute approximate surface area is 183 Å². The second-order valence-electron chi connectivity index (χ2n) is 7.79. The van der Waals surface area contributed by atoms with Crippen LogP contribution in [0.25, 0.3) is 11.0 Å². The third-order valence-corrected chi connectivity index (χ3v) is 5.65. The molecule has 5 rings (SSSR count). The van der Waals surface area contributed by atoms with Crippen molar-refractivity contribution in [1.29, 1.82) is 0 Å². The molecule has 1 aromatic carbocycles. The molecule has 1 atom stereocenters. The number of furan rings is 2. The number of carbonyl (C=O) groups excluding carboxylic acids is 2. The minimum Gasteiger partial charge on any atom is -0.503 e. The number of aromatic amines is 1. The Morgan fingerprint density at radius 2 is 2.06 bits per heavy atom. The fourth-order valence-corrected chi connectivity index (χ4v) is 4.12. The second-order valence-corrected chi connectivity index (χ2v) is 7.79. The topological polar surface area (TPSA) is 104 Å². The molecule has 4 heterocycles. The highest BCUT2D eigenvalue weighted by atomic mass is 16.4. The Balaban J connectivity index is 1.48. The number of nitrogens with one attached hydrogen (secondary N) is 1. The van der Waals surface area contributed by atoms with Crippen LogP contribution in [0.15, 0.2) is 81.4 Å². The van der Waals surface area contributed by atoms with Gasteiger partial charge in [-0.3, -0.25) is 14.6 Å². The molecule has 1 unspecified atom stereocenters. The van der Waals surface area contributed by atoms with Gasteiger partial charge in [0.15, 0.2) is 11.5 Å². The van der Waals surface area contributed by atoms with Crippen molar-refractivity contribution in [3.05, 3.63) is 89.8 Å². The number of aromatic nitrogens is 2. The van der Waals surface area contributed by atoms with E-state index in [0.29, 0.717) is 36.6 Å². The largest absolute Gasteiger partial charge is 0.503 e. The average Bonchev–Trinajstić information content (AvgIpc) is 3.57. The number of H-pyrrole nitrogens is 1. The number of ketones is 1. The first-order valence-electron chi connectivity index (χ1n) is 10.4. The SMILES string of the molecule is Cc1ccc(C2C(C(=O)c3cc4ccccc4o3)=C(O)C(=O)N2CCC[n+]2cc[nH]c2)o1. The minimum absolute atomic E-state index is 0.0299. The van der Waals surface area contributed by atoms with Crippen molar-refractivity contribution in [1.82, 2.24) is 9.88 Å². The zero-order chi connectivity index (χ0) is 22.2. The van der Waals surface area contributed by atoms with Crippen LogP contribution in [-0.2, 0) is 11.3 Å². The van der Waals surface area contributed by atoms with Crippen molar-refractivity contribution >= 4 is 22.7 Å². The lowest BCUT2D eigenvalue weighted by atomic mass is 9.99. The van der Waals surface area contributed by atoms with Crippen LogP contribution in [0.1, 0.15) is 34.5 Å². The highest BCUT2D eigenvalue weighted by Crippen LogP contribution is 2.40. The molecule has 1 aliphatic heterocycles. The predicted molar refractivity (Wildman–Crippen MR) is 114 cm³/mol. The number of fused-ring (bicyclic) bond motifs is 1. The number of aryl methyl sites for hydroxylation is 2. The summed E-state index contributed by atoms with van der Waals surface area (Å²) in [6.45, 7) is 2.80. The highest BCUT2D eigenvalue weighted by molar-refractivity contribution is 6.15. The van der Waals surface area contributed by atoms with Crippen LogP contribution < -0.4 is 4.57 Å². The maximum Gasteiger partial charge on any atom is 0.290 e. The molecule has 0 aliphatic carbocycles. The van der Waals surface area contributed by atoms with Gasteiger partial charge < -0.3 is 18.8 Å². The van der Waals surface area contributed by atoms with Crippen molar-refractivity contribution in [2.75, 3.05) is 6.54 Å². The summed E-state index contributed by atoms with van der Waals surface area (Å²) in [7, 11) is 0. The van der Waals surface area contributed by atoms with E-state index in [9.17, 15) is 14.7 Å². The minimum atomic E-state index is -0.826. The molecule has 1 amide bonds. The lowest BCUT2D eigenvalue weighted by molar-refractivity contribution is -0.695. The van der Waals surface area contributed by atoms with Crippen LogP contribution in [0.2, 0.25) is 0 Å². The number of hydrogen-bond acceptors (Lipinski definition) is 5. The van der Waals surface area contributed by atoms with Gasteiger partial charge in [0.1, 0.15) is 35.5 Å². The van der Waals surface area contributed by atoms with E-state index in [1.165, 1.54) is 4.90 Å². The molecule has 8 nitrogen and oxygen atoms in total. The van der Waals surface area contributed by atoms with Gasteiger partial charge in [0, 0.05) is 18.4 Å². The standard InChI is InChI=1S/C24H21N3O5/c1-15-7-8-18(31-15)21-20(22(28)19-13-16-5-2-3-6-17(16)32-19)23(29)24(30)27(21)11-4-10-26-12-9-25-14-26/h2-3,5-9,12-14,21H,4,10-11H2,1H3,(H,28,29)/p+1. The third kappa shape index (κ3) is 3.39. The van der Waals surface area contributed by atoms with Crippen LogP contribution in [0.4, 0.5) is 0 Å². The van der Waals surface area contributed by atoms with E-state index >= 15 is 0 Å². The zero-order valence-electron chi connectivity index (χ0n) is 17.4. The first kappa shape index (κ1) is 19.9. The molecular formula is C24H22N3O5+. The number of imidazole rings is 1. The summed E-state index contributed by atoms with van der Waals surface area (Å²) in [6, 6.07) is 11.6. The molecule has 0 saturated carbocycles. The highest BCUT2D eigenvalue weighted by Gasteiger charge is 2.45. The number of benzene rings is 1. The van der Waals surface area contributed by atoms with Gasteiger partial charge in [-0.15, -0.1) is 0 Å². The molecular weight excluding hydrogens is 410 g/mol. The Morgan fingerprint density at radius 1 is 1.22 bits per heavy atom. The number of amides is 1. The number of carbonyl (C=O) groups is 2. The Hall–Kier alpha value is -4.07. The molecule has 2 N–H and O–H groups in total. The predicted octanol–water partition coefficient (Wildman–Crippen LogP) is 3.62. The molecule has 0 radical (unpaired) electrons. The van der Waals surface area contributed by atoms with Gasteiger partial charge >= 0.3 is 0 Å². The Bertz CT molecular complexity index is 1300. The fraction of sp³-hybridized carbons (Fsp3) is 0.208. The van der Waals surface area contributed by atoms with Gasteiger partial charge in [-0.2, -0.15) is 0 Å². The first-order valence-corrected chi connectivity index (χ1v) is 10.4. The number of para-hydroxylation sites is 1. The monoisotopic (exact) mass is 432 g/mol. The number of nitrogens with zero attached hydrogens (tertiary/aromatic N) is 2. The molecule has 0 bridgehead atoms. The summed E-state index contributed by atoms with van der Waals surface area (Å²) in [5.74, 6) is -0.551. The lowest BCUT2D eigenvalue weighted by Gasteiger charge is -2.24. The summed E-state index contributed by atoms with van der Waals surface area (Å²) in [5.41, 5.74) is 0.531.